The van der Waals surface area contributed by atoms with Crippen molar-refractivity contribution in [1.82, 2.24) is 14.9 Å². The highest BCUT2D eigenvalue weighted by atomic mass is 16.4. The van der Waals surface area contributed by atoms with Crippen molar-refractivity contribution in [1.29, 1.82) is 0 Å². The maximum atomic E-state index is 13.1. The first-order valence-electron chi connectivity index (χ1n) is 8.86. The Morgan fingerprint density at radius 3 is 2.74 bits per heavy atom. The van der Waals surface area contributed by atoms with E-state index in [1.54, 1.807) is 6.92 Å². The summed E-state index contributed by atoms with van der Waals surface area (Å²) < 4.78 is 5.66. The van der Waals surface area contributed by atoms with Gasteiger partial charge in [-0.15, -0.1) is 0 Å². The molecule has 2 aromatic heterocycles. The first-order chi connectivity index (χ1) is 12.8. The fourth-order valence-corrected chi connectivity index (χ4v) is 3.41. The number of carboxylic acid groups (broad SMARTS) is 1. The summed E-state index contributed by atoms with van der Waals surface area (Å²) >= 11 is 0. The molecule has 0 radical (unpaired) electrons. The van der Waals surface area contributed by atoms with Crippen LogP contribution in [0.25, 0.3) is 11.1 Å². The van der Waals surface area contributed by atoms with Crippen LogP contribution in [0.2, 0.25) is 0 Å². The summed E-state index contributed by atoms with van der Waals surface area (Å²) in [5, 5.41) is 12.9. The molecule has 0 bridgehead atoms. The molecule has 3 heterocycles. The van der Waals surface area contributed by atoms with Gasteiger partial charge in [0.2, 0.25) is 5.71 Å². The number of furan rings is 1. The third-order valence-electron chi connectivity index (χ3n) is 5.31. The van der Waals surface area contributed by atoms with Crippen molar-refractivity contribution in [3.8, 4) is 0 Å². The zero-order valence-corrected chi connectivity index (χ0v) is 15.1. The van der Waals surface area contributed by atoms with E-state index in [-0.39, 0.29) is 31.0 Å². The number of aryl methyl sites for hydroxylation is 1. The predicted octanol–water partition coefficient (Wildman–Crippen LogP) is 1.61. The van der Waals surface area contributed by atoms with Crippen molar-refractivity contribution in [2.24, 2.45) is 5.92 Å². The Labute approximate surface area is 154 Å². The fraction of sp³-hybridized carbons (Fsp3) is 0.500. The van der Waals surface area contributed by atoms with Gasteiger partial charge in [-0.25, -0.2) is 9.97 Å². The lowest BCUT2D eigenvalue weighted by Crippen LogP contribution is -2.46. The molecule has 2 aromatic rings. The first-order valence-corrected chi connectivity index (χ1v) is 8.86. The Bertz CT molecular complexity index is 962. The number of amides is 1. The second-order valence-corrected chi connectivity index (χ2v) is 7.49. The summed E-state index contributed by atoms with van der Waals surface area (Å²) in [5.41, 5.74) is 0.575. The summed E-state index contributed by atoms with van der Waals surface area (Å²) in [4.78, 5) is 46.1. The predicted molar refractivity (Wildman–Crippen MR) is 94.5 cm³/mol. The number of Topliss-reactive ketones (excluding diaryl/α,β-unsaturated/α-hetero) is 1. The van der Waals surface area contributed by atoms with E-state index < -0.39 is 17.7 Å². The van der Waals surface area contributed by atoms with Gasteiger partial charge in [0, 0.05) is 12.1 Å². The maximum absolute atomic E-state index is 13.1. The molecule has 2 aliphatic rings. The minimum Gasteiger partial charge on any atom is -0.481 e. The molecule has 2 fully saturated rings. The van der Waals surface area contributed by atoms with Crippen molar-refractivity contribution < 1.29 is 23.9 Å². The van der Waals surface area contributed by atoms with E-state index in [4.69, 9.17) is 9.52 Å². The van der Waals surface area contributed by atoms with Crippen LogP contribution in [0.4, 0.5) is 5.82 Å². The Balaban J connectivity index is 1.69. The number of aromatic nitrogens is 2. The van der Waals surface area contributed by atoms with E-state index in [2.05, 4.69) is 22.2 Å². The lowest BCUT2D eigenvalue weighted by atomic mass is 9.95. The molecule has 1 saturated carbocycles. The monoisotopic (exact) mass is 372 g/mol. The number of rotatable bonds is 4. The molecule has 0 spiro atoms. The number of hydrogen-bond donors (Lipinski definition) is 2. The van der Waals surface area contributed by atoms with Crippen molar-refractivity contribution in [3.05, 3.63) is 17.7 Å². The van der Waals surface area contributed by atoms with Crippen LogP contribution in [0.15, 0.2) is 10.7 Å². The summed E-state index contributed by atoms with van der Waals surface area (Å²) in [6.07, 6.45) is 3.51. The number of carbonyl (C=O) groups is 3. The number of hydrogen-bond acceptors (Lipinski definition) is 7. The first kappa shape index (κ1) is 17.4. The number of likely N-dealkylation sites (tertiary alicyclic amines) is 1. The van der Waals surface area contributed by atoms with Crippen LogP contribution in [0, 0.1) is 12.8 Å². The number of carbonyl (C=O) groups excluding carboxylic acids is 2. The number of piperidine rings is 1. The minimum atomic E-state index is -1.14. The second-order valence-electron chi connectivity index (χ2n) is 7.49. The summed E-state index contributed by atoms with van der Waals surface area (Å²) in [6.45, 7) is 3.71. The summed E-state index contributed by atoms with van der Waals surface area (Å²) in [5.74, 6) is -2.10. The number of ketones is 1. The Morgan fingerprint density at radius 2 is 2.11 bits per heavy atom. The largest absolute Gasteiger partial charge is 0.481 e. The smallest absolute Gasteiger partial charge is 0.314 e. The quantitative estimate of drug-likeness (QED) is 0.775. The summed E-state index contributed by atoms with van der Waals surface area (Å²) in [7, 11) is 0. The molecule has 1 atom stereocenters. The van der Waals surface area contributed by atoms with Crippen molar-refractivity contribution in [2.45, 2.75) is 38.6 Å². The number of anilines is 1. The third-order valence-corrected chi connectivity index (χ3v) is 5.31. The van der Waals surface area contributed by atoms with Gasteiger partial charge in [0.05, 0.1) is 17.5 Å². The zero-order valence-electron chi connectivity index (χ0n) is 15.1. The Kier molecular flexibility index (Phi) is 3.90. The number of carboxylic acids is 1. The van der Waals surface area contributed by atoms with E-state index in [0.29, 0.717) is 28.2 Å². The molecule has 9 heteroatoms. The van der Waals surface area contributed by atoms with Crippen LogP contribution in [0.5, 0.6) is 0 Å². The molecular weight excluding hydrogens is 352 g/mol. The highest BCUT2D eigenvalue weighted by molar-refractivity contribution is 6.11. The lowest BCUT2D eigenvalue weighted by molar-refractivity contribution is -0.148. The van der Waals surface area contributed by atoms with E-state index >= 15 is 0 Å². The molecule has 2 N–H and O–H groups in total. The van der Waals surface area contributed by atoms with Crippen LogP contribution in [0.1, 0.15) is 42.3 Å². The number of nitrogens with one attached hydrogen (secondary N) is 1. The van der Waals surface area contributed by atoms with Gasteiger partial charge in [0.1, 0.15) is 23.8 Å². The summed E-state index contributed by atoms with van der Waals surface area (Å²) in [6, 6.07) is 0. The number of nitrogens with zero attached hydrogens (tertiary/aromatic N) is 3. The fourth-order valence-electron chi connectivity index (χ4n) is 3.41. The van der Waals surface area contributed by atoms with E-state index in [1.807, 2.05) is 0 Å². The average Bonchev–Trinajstić information content (AvgIpc) is 3.22. The molecule has 1 aliphatic heterocycles. The zero-order chi connectivity index (χ0) is 19.3. The van der Waals surface area contributed by atoms with Crippen molar-refractivity contribution >= 4 is 34.6 Å². The maximum Gasteiger partial charge on any atom is 0.314 e. The third kappa shape index (κ3) is 3.02. The van der Waals surface area contributed by atoms with Gasteiger partial charge in [-0.2, -0.15) is 0 Å². The highest BCUT2D eigenvalue weighted by Crippen LogP contribution is 2.40. The molecule has 4 rings (SSSR count). The van der Waals surface area contributed by atoms with Gasteiger partial charge in [-0.3, -0.25) is 14.4 Å². The average molecular weight is 372 g/mol. The van der Waals surface area contributed by atoms with Crippen LogP contribution >= 0.6 is 0 Å². The SMILES string of the molecule is Cc1oc2ncnc(NC3(C)CC3)c2c1C(=O)N1CCC(C(=O)O)C(=O)C1. The highest BCUT2D eigenvalue weighted by Gasteiger charge is 2.40. The molecule has 1 saturated heterocycles. The second kappa shape index (κ2) is 6.04. The Morgan fingerprint density at radius 1 is 1.37 bits per heavy atom. The molecule has 142 valence electrons. The normalized spacial score (nSPS) is 21.3. The van der Waals surface area contributed by atoms with Crippen LogP contribution in [-0.4, -0.2) is 56.3 Å². The molecule has 0 aromatic carbocycles. The van der Waals surface area contributed by atoms with E-state index in [1.165, 1.54) is 11.2 Å². The van der Waals surface area contributed by atoms with Crippen LogP contribution in [-0.2, 0) is 9.59 Å². The van der Waals surface area contributed by atoms with Crippen molar-refractivity contribution in [2.75, 3.05) is 18.4 Å². The lowest BCUT2D eigenvalue weighted by Gasteiger charge is -2.29. The van der Waals surface area contributed by atoms with Gasteiger partial charge >= 0.3 is 5.97 Å². The van der Waals surface area contributed by atoms with Gasteiger partial charge in [-0.05, 0) is 33.1 Å². The van der Waals surface area contributed by atoms with Gasteiger partial charge in [0.15, 0.2) is 5.78 Å². The van der Waals surface area contributed by atoms with Gasteiger partial charge < -0.3 is 19.7 Å². The molecule has 1 amide bonds. The molecule has 1 unspecified atom stereocenters. The van der Waals surface area contributed by atoms with Crippen molar-refractivity contribution in [3.63, 3.8) is 0 Å². The molecule has 1 aliphatic carbocycles. The standard InChI is InChI=1S/C18H20N4O5/c1-9-12(16(24)22-6-3-10(17(25)26)11(23)7-22)13-14(21-18(2)4-5-18)19-8-20-15(13)27-9/h8,10H,3-7H2,1-2H3,(H,25,26)(H,19,20,21). The molecule has 9 nitrogen and oxygen atoms in total. The van der Waals surface area contributed by atoms with Gasteiger partial charge in [-0.1, -0.05) is 0 Å². The minimum absolute atomic E-state index is 0.0530. The van der Waals surface area contributed by atoms with Gasteiger partial charge in [0.25, 0.3) is 5.91 Å². The topological polar surface area (TPSA) is 126 Å². The molecule has 27 heavy (non-hydrogen) atoms. The van der Waals surface area contributed by atoms with Crippen LogP contribution < -0.4 is 5.32 Å². The molecular formula is C18H20N4O5. The Hall–Kier alpha value is -2.97. The van der Waals surface area contributed by atoms with E-state index in [0.717, 1.165) is 12.8 Å². The van der Waals surface area contributed by atoms with Crippen LogP contribution in [0.3, 0.4) is 0 Å². The van der Waals surface area contributed by atoms with E-state index in [9.17, 15) is 14.4 Å². The number of aliphatic carboxylic acids is 1. The number of fused-ring (bicyclic) bond motifs is 1.